The molecule has 0 unspecified atom stereocenters. The molecule has 1 aromatic heterocycles. The van der Waals surface area contributed by atoms with Crippen molar-refractivity contribution in [1.29, 1.82) is 0 Å². The lowest BCUT2D eigenvalue weighted by atomic mass is 10.2. The largest absolute Gasteiger partial charge is 0.378 e. The van der Waals surface area contributed by atoms with Gasteiger partial charge in [0.2, 0.25) is 17.8 Å². The number of halogens is 1. The summed E-state index contributed by atoms with van der Waals surface area (Å²) in [5.74, 6) is 0.103. The van der Waals surface area contributed by atoms with Crippen LogP contribution in [0.1, 0.15) is 10.4 Å². The highest BCUT2D eigenvalue weighted by Crippen LogP contribution is 2.18. The summed E-state index contributed by atoms with van der Waals surface area (Å²) in [6.07, 6.45) is 0. The fourth-order valence-electron chi connectivity index (χ4n) is 2.82. The van der Waals surface area contributed by atoms with Crippen LogP contribution < -0.4 is 21.1 Å². The van der Waals surface area contributed by atoms with Crippen molar-refractivity contribution >= 4 is 29.4 Å². The van der Waals surface area contributed by atoms with Crippen LogP contribution in [0.15, 0.2) is 54.6 Å². The zero-order valence-corrected chi connectivity index (χ0v) is 16.0. The van der Waals surface area contributed by atoms with Crippen LogP contribution in [0, 0.1) is 5.82 Å². The van der Waals surface area contributed by atoms with Gasteiger partial charge in [-0.05, 0) is 36.4 Å². The summed E-state index contributed by atoms with van der Waals surface area (Å²) >= 11 is 0. The first-order chi connectivity index (χ1) is 14.7. The molecule has 0 aliphatic carbocycles. The summed E-state index contributed by atoms with van der Waals surface area (Å²) in [7, 11) is 0. The van der Waals surface area contributed by atoms with E-state index in [1.165, 1.54) is 24.3 Å². The number of morpholine rings is 1. The second-order valence-electron chi connectivity index (χ2n) is 6.46. The third-order valence-corrected chi connectivity index (χ3v) is 4.34. The normalized spacial score (nSPS) is 13.6. The smallest absolute Gasteiger partial charge is 0.269 e. The van der Waals surface area contributed by atoms with Crippen LogP contribution >= 0.6 is 0 Å². The Morgan fingerprint density at radius 3 is 2.37 bits per heavy atom. The Morgan fingerprint density at radius 2 is 1.63 bits per heavy atom. The number of carbonyl (C=O) groups is 1. The molecule has 1 fully saturated rings. The Hall–Kier alpha value is -3.79. The molecular weight excluding hydrogens is 389 g/mol. The van der Waals surface area contributed by atoms with Crippen LogP contribution in [-0.4, -0.2) is 47.2 Å². The van der Waals surface area contributed by atoms with Gasteiger partial charge in [-0.2, -0.15) is 15.0 Å². The summed E-state index contributed by atoms with van der Waals surface area (Å²) in [6.45, 7) is 2.46. The summed E-state index contributed by atoms with van der Waals surface area (Å²) in [6, 6.07) is 14.7. The molecule has 0 atom stereocenters. The minimum Gasteiger partial charge on any atom is -0.378 e. The van der Waals surface area contributed by atoms with Gasteiger partial charge in [-0.3, -0.25) is 15.6 Å². The van der Waals surface area contributed by atoms with Gasteiger partial charge in [0.05, 0.1) is 13.2 Å². The van der Waals surface area contributed by atoms with E-state index in [2.05, 4.69) is 31.1 Å². The molecule has 2 heterocycles. The van der Waals surface area contributed by atoms with Gasteiger partial charge < -0.3 is 15.0 Å². The molecule has 1 amide bonds. The number of hydrogen-bond donors (Lipinski definition) is 3. The minimum absolute atomic E-state index is 0.167. The van der Waals surface area contributed by atoms with Gasteiger partial charge in [-0.15, -0.1) is 0 Å². The van der Waals surface area contributed by atoms with Gasteiger partial charge in [0.15, 0.2) is 0 Å². The molecule has 4 rings (SSSR count). The van der Waals surface area contributed by atoms with Gasteiger partial charge >= 0.3 is 0 Å². The zero-order valence-electron chi connectivity index (χ0n) is 16.0. The number of carbonyl (C=O) groups excluding carboxylic acids is 1. The molecule has 1 aliphatic heterocycles. The Labute approximate surface area is 172 Å². The highest BCUT2D eigenvalue weighted by atomic mass is 19.1. The first-order valence-corrected chi connectivity index (χ1v) is 9.40. The Bertz CT molecular complexity index is 996. The van der Waals surface area contributed by atoms with Crippen LogP contribution in [0.25, 0.3) is 0 Å². The molecule has 9 nitrogen and oxygen atoms in total. The van der Waals surface area contributed by atoms with Gasteiger partial charge in [0.1, 0.15) is 5.82 Å². The number of hydrogen-bond acceptors (Lipinski definition) is 8. The third kappa shape index (κ3) is 4.97. The summed E-state index contributed by atoms with van der Waals surface area (Å²) in [4.78, 5) is 27.5. The van der Waals surface area contributed by atoms with Crippen molar-refractivity contribution in [3.8, 4) is 0 Å². The summed E-state index contributed by atoms with van der Waals surface area (Å²) < 4.78 is 18.4. The van der Waals surface area contributed by atoms with Crippen LogP contribution in [0.5, 0.6) is 0 Å². The molecule has 0 bridgehead atoms. The summed E-state index contributed by atoms with van der Waals surface area (Å²) in [5.41, 5.74) is 6.35. The van der Waals surface area contributed by atoms with Crippen molar-refractivity contribution in [2.45, 2.75) is 0 Å². The maximum absolute atomic E-state index is 13.1. The van der Waals surface area contributed by atoms with Gasteiger partial charge in [0, 0.05) is 24.3 Å². The average molecular weight is 409 g/mol. The maximum atomic E-state index is 13.1. The summed E-state index contributed by atoms with van der Waals surface area (Å²) in [5, 5.41) is 3.13. The number of benzene rings is 2. The first-order valence-electron chi connectivity index (χ1n) is 9.40. The van der Waals surface area contributed by atoms with Crippen molar-refractivity contribution in [2.24, 2.45) is 0 Å². The standard InChI is InChI=1S/C20H20FN7O2/c21-15-8-6-14(7-9-15)17(29)26-27-19-23-18(22-16-4-2-1-3-5-16)24-20(25-19)28-10-12-30-13-11-28/h1-9H,10-13H2,(H,26,29)(H2,22,23,24,25,27). The lowest BCUT2D eigenvalue weighted by Gasteiger charge is -2.27. The van der Waals surface area contributed by atoms with Crippen molar-refractivity contribution in [3.05, 3.63) is 66.0 Å². The second kappa shape index (κ2) is 9.14. The quantitative estimate of drug-likeness (QED) is 0.533. The van der Waals surface area contributed by atoms with E-state index in [4.69, 9.17) is 4.74 Å². The van der Waals surface area contributed by atoms with E-state index in [1.54, 1.807) is 0 Å². The molecule has 0 spiro atoms. The molecule has 154 valence electrons. The van der Waals surface area contributed by atoms with Gasteiger partial charge in [-0.25, -0.2) is 4.39 Å². The van der Waals surface area contributed by atoms with Crippen molar-refractivity contribution in [2.75, 3.05) is 41.9 Å². The van der Waals surface area contributed by atoms with Crippen molar-refractivity contribution in [3.63, 3.8) is 0 Å². The molecule has 1 aliphatic rings. The number of aromatic nitrogens is 3. The number of nitrogens with zero attached hydrogens (tertiary/aromatic N) is 4. The van der Waals surface area contributed by atoms with E-state index in [9.17, 15) is 9.18 Å². The fraction of sp³-hybridized carbons (Fsp3) is 0.200. The molecule has 3 aromatic rings. The van der Waals surface area contributed by atoms with Gasteiger partial charge in [0.25, 0.3) is 5.91 Å². The van der Waals surface area contributed by atoms with Crippen molar-refractivity contribution < 1.29 is 13.9 Å². The molecule has 10 heteroatoms. The molecule has 0 radical (unpaired) electrons. The van der Waals surface area contributed by atoms with Crippen LogP contribution in [0.3, 0.4) is 0 Å². The molecular formula is C20H20FN7O2. The molecule has 2 aromatic carbocycles. The van der Waals surface area contributed by atoms with E-state index in [-0.39, 0.29) is 5.95 Å². The lowest BCUT2D eigenvalue weighted by molar-refractivity contribution is 0.0962. The lowest BCUT2D eigenvalue weighted by Crippen LogP contribution is -2.38. The van der Waals surface area contributed by atoms with Gasteiger partial charge in [-0.1, -0.05) is 18.2 Å². The van der Waals surface area contributed by atoms with Crippen molar-refractivity contribution in [1.82, 2.24) is 20.4 Å². The Morgan fingerprint density at radius 1 is 0.933 bits per heavy atom. The molecule has 3 N–H and O–H groups in total. The first kappa shape index (κ1) is 19.5. The zero-order chi connectivity index (χ0) is 20.8. The number of hydrazine groups is 1. The predicted octanol–water partition coefficient (Wildman–Crippen LogP) is 2.35. The molecule has 1 saturated heterocycles. The minimum atomic E-state index is -0.444. The monoisotopic (exact) mass is 409 g/mol. The Balaban J connectivity index is 1.53. The molecule has 0 saturated carbocycles. The fourth-order valence-corrected chi connectivity index (χ4v) is 2.82. The van der Waals surface area contributed by atoms with Crippen LogP contribution in [0.2, 0.25) is 0 Å². The number of rotatable bonds is 6. The second-order valence-corrected chi connectivity index (χ2v) is 6.46. The van der Waals surface area contributed by atoms with E-state index in [0.717, 1.165) is 5.69 Å². The van der Waals surface area contributed by atoms with E-state index in [1.807, 2.05) is 35.2 Å². The number of anilines is 4. The number of ether oxygens (including phenoxy) is 1. The topological polar surface area (TPSA) is 104 Å². The van der Waals surface area contributed by atoms with E-state index < -0.39 is 11.7 Å². The van der Waals surface area contributed by atoms with E-state index in [0.29, 0.717) is 43.8 Å². The van der Waals surface area contributed by atoms with E-state index >= 15 is 0 Å². The predicted molar refractivity (Wildman–Crippen MR) is 110 cm³/mol. The number of nitrogens with one attached hydrogen (secondary N) is 3. The molecule has 30 heavy (non-hydrogen) atoms. The van der Waals surface area contributed by atoms with Crippen LogP contribution in [0.4, 0.5) is 27.9 Å². The number of amides is 1. The third-order valence-electron chi connectivity index (χ3n) is 4.34. The SMILES string of the molecule is O=C(NNc1nc(Nc2ccccc2)nc(N2CCOCC2)n1)c1ccc(F)cc1. The average Bonchev–Trinajstić information content (AvgIpc) is 2.79. The van der Waals surface area contributed by atoms with Crippen LogP contribution in [-0.2, 0) is 4.74 Å². The maximum Gasteiger partial charge on any atom is 0.269 e. The Kier molecular flexibility index (Phi) is 5.95. The highest BCUT2D eigenvalue weighted by Gasteiger charge is 2.17. The highest BCUT2D eigenvalue weighted by molar-refractivity contribution is 5.94. The number of para-hydroxylation sites is 1.